The highest BCUT2D eigenvalue weighted by Crippen LogP contribution is 2.22. The molecule has 2 rings (SSSR count). The summed E-state index contributed by atoms with van der Waals surface area (Å²) >= 11 is 0. The predicted octanol–water partition coefficient (Wildman–Crippen LogP) is 3.06. The van der Waals surface area contributed by atoms with Crippen LogP contribution in [0.3, 0.4) is 0 Å². The third-order valence-electron chi connectivity index (χ3n) is 3.77. The van der Waals surface area contributed by atoms with E-state index < -0.39 is 0 Å². The molecule has 0 spiro atoms. The number of hydrogen-bond donors (Lipinski definition) is 1. The van der Waals surface area contributed by atoms with Crippen LogP contribution >= 0.6 is 0 Å². The molecule has 1 fully saturated rings. The predicted molar refractivity (Wildman–Crippen MR) is 71.1 cm³/mol. The van der Waals surface area contributed by atoms with Crippen LogP contribution in [0.15, 0.2) is 6.20 Å². The highest BCUT2D eigenvalue weighted by molar-refractivity contribution is 5.18. The molecule has 1 aliphatic rings. The van der Waals surface area contributed by atoms with E-state index in [0.29, 0.717) is 6.04 Å². The van der Waals surface area contributed by atoms with Gasteiger partial charge in [0.25, 0.3) is 0 Å². The molecule has 0 amide bonds. The largest absolute Gasteiger partial charge is 0.310 e. The van der Waals surface area contributed by atoms with Crippen molar-refractivity contribution in [3.8, 4) is 0 Å². The summed E-state index contributed by atoms with van der Waals surface area (Å²) < 4.78 is 2.25. The van der Waals surface area contributed by atoms with E-state index in [1.807, 2.05) is 0 Å². The average Bonchev–Trinajstić information content (AvgIpc) is 3.09. The number of nitrogens with one attached hydrogen (secondary N) is 1. The molecule has 1 aromatic heterocycles. The second-order valence-corrected chi connectivity index (χ2v) is 5.04. The van der Waals surface area contributed by atoms with Crippen molar-refractivity contribution in [1.82, 2.24) is 15.1 Å². The molecule has 0 aromatic carbocycles. The van der Waals surface area contributed by atoms with Crippen LogP contribution in [0.1, 0.15) is 63.8 Å². The standard InChI is InChI=1S/C14H25N3/c1-4-13(5-2)17-14(6-3)11(10-16-17)9-15-12-7-8-12/h10,12-13,15H,4-9H2,1-3H3. The van der Waals surface area contributed by atoms with Crippen molar-refractivity contribution in [3.05, 3.63) is 17.5 Å². The molecule has 0 aliphatic heterocycles. The fraction of sp³-hybridized carbons (Fsp3) is 0.786. The minimum absolute atomic E-state index is 0.569. The van der Waals surface area contributed by atoms with Crippen LogP contribution in [-0.2, 0) is 13.0 Å². The molecule has 96 valence electrons. The van der Waals surface area contributed by atoms with Crippen LogP contribution in [0.5, 0.6) is 0 Å². The summed E-state index contributed by atoms with van der Waals surface area (Å²) in [6.07, 6.45) is 8.18. The van der Waals surface area contributed by atoms with Gasteiger partial charge in [-0.15, -0.1) is 0 Å². The second-order valence-electron chi connectivity index (χ2n) is 5.04. The zero-order chi connectivity index (χ0) is 12.3. The Bertz CT molecular complexity index is 348. The van der Waals surface area contributed by atoms with E-state index in [-0.39, 0.29) is 0 Å². The molecule has 0 unspecified atom stereocenters. The van der Waals surface area contributed by atoms with Gasteiger partial charge in [-0.25, -0.2) is 0 Å². The normalized spacial score (nSPS) is 15.8. The Morgan fingerprint density at radius 2 is 2.06 bits per heavy atom. The molecular formula is C14H25N3. The quantitative estimate of drug-likeness (QED) is 0.787. The van der Waals surface area contributed by atoms with E-state index >= 15 is 0 Å². The van der Waals surface area contributed by atoms with Gasteiger partial charge in [0.05, 0.1) is 12.2 Å². The van der Waals surface area contributed by atoms with Crippen LogP contribution in [0.4, 0.5) is 0 Å². The fourth-order valence-corrected chi connectivity index (χ4v) is 2.45. The Labute approximate surface area is 105 Å². The summed E-state index contributed by atoms with van der Waals surface area (Å²) in [6.45, 7) is 7.72. The molecule has 17 heavy (non-hydrogen) atoms. The fourth-order valence-electron chi connectivity index (χ4n) is 2.45. The third kappa shape index (κ3) is 2.89. The second kappa shape index (κ2) is 5.67. The lowest BCUT2D eigenvalue weighted by molar-refractivity contribution is 0.415. The molecule has 1 aromatic rings. The number of aromatic nitrogens is 2. The van der Waals surface area contributed by atoms with Crippen LogP contribution in [0, 0.1) is 0 Å². The van der Waals surface area contributed by atoms with Gasteiger partial charge in [0.2, 0.25) is 0 Å². The van der Waals surface area contributed by atoms with Gasteiger partial charge in [-0.2, -0.15) is 5.10 Å². The smallest absolute Gasteiger partial charge is 0.0537 e. The molecule has 0 radical (unpaired) electrons. The molecule has 3 heteroatoms. The van der Waals surface area contributed by atoms with Crippen LogP contribution in [-0.4, -0.2) is 15.8 Å². The maximum atomic E-state index is 4.60. The molecule has 3 nitrogen and oxygen atoms in total. The lowest BCUT2D eigenvalue weighted by atomic mass is 10.1. The van der Waals surface area contributed by atoms with E-state index in [9.17, 15) is 0 Å². The van der Waals surface area contributed by atoms with Gasteiger partial charge in [-0.1, -0.05) is 20.8 Å². The Morgan fingerprint density at radius 3 is 2.59 bits per heavy atom. The van der Waals surface area contributed by atoms with Crippen molar-refractivity contribution >= 4 is 0 Å². The van der Waals surface area contributed by atoms with E-state index in [2.05, 4.69) is 42.1 Å². The maximum absolute atomic E-state index is 4.60. The first-order valence-corrected chi connectivity index (χ1v) is 7.08. The minimum Gasteiger partial charge on any atom is -0.310 e. The minimum atomic E-state index is 0.569. The topological polar surface area (TPSA) is 29.9 Å². The van der Waals surface area contributed by atoms with Crippen molar-refractivity contribution < 1.29 is 0 Å². The van der Waals surface area contributed by atoms with E-state index in [1.165, 1.54) is 36.9 Å². The van der Waals surface area contributed by atoms with Gasteiger partial charge in [-0.3, -0.25) is 4.68 Å². The van der Waals surface area contributed by atoms with Gasteiger partial charge in [0.1, 0.15) is 0 Å². The average molecular weight is 235 g/mol. The zero-order valence-corrected chi connectivity index (χ0v) is 11.4. The maximum Gasteiger partial charge on any atom is 0.0537 e. The monoisotopic (exact) mass is 235 g/mol. The molecule has 0 saturated heterocycles. The Balaban J connectivity index is 2.09. The summed E-state index contributed by atoms with van der Waals surface area (Å²) in [4.78, 5) is 0. The number of hydrogen-bond acceptors (Lipinski definition) is 2. The van der Waals surface area contributed by atoms with Gasteiger partial charge in [-0.05, 0) is 32.1 Å². The molecule has 1 aliphatic carbocycles. The first-order chi connectivity index (χ1) is 8.30. The van der Waals surface area contributed by atoms with Crippen molar-refractivity contribution in [2.24, 2.45) is 0 Å². The lowest BCUT2D eigenvalue weighted by Crippen LogP contribution is -2.17. The summed E-state index contributed by atoms with van der Waals surface area (Å²) in [5.41, 5.74) is 2.82. The summed E-state index contributed by atoms with van der Waals surface area (Å²) in [5.74, 6) is 0. The SMILES string of the molecule is CCc1c(CNC2CC2)cnn1C(CC)CC. The Kier molecular flexibility index (Phi) is 4.21. The molecule has 1 N–H and O–H groups in total. The molecule has 0 bridgehead atoms. The number of rotatable bonds is 7. The molecular weight excluding hydrogens is 210 g/mol. The summed E-state index contributed by atoms with van der Waals surface area (Å²) in [6, 6.07) is 1.34. The lowest BCUT2D eigenvalue weighted by Gasteiger charge is -2.17. The van der Waals surface area contributed by atoms with E-state index in [0.717, 1.165) is 19.0 Å². The first-order valence-electron chi connectivity index (χ1n) is 7.08. The molecule has 1 saturated carbocycles. The highest BCUT2D eigenvalue weighted by Gasteiger charge is 2.21. The van der Waals surface area contributed by atoms with Gasteiger partial charge in [0.15, 0.2) is 0 Å². The Morgan fingerprint density at radius 1 is 1.35 bits per heavy atom. The van der Waals surface area contributed by atoms with Crippen molar-refractivity contribution in [2.75, 3.05) is 0 Å². The third-order valence-corrected chi connectivity index (χ3v) is 3.77. The molecule has 1 heterocycles. The van der Waals surface area contributed by atoms with Gasteiger partial charge in [0, 0.05) is 23.8 Å². The van der Waals surface area contributed by atoms with Crippen molar-refractivity contribution in [3.63, 3.8) is 0 Å². The van der Waals surface area contributed by atoms with Gasteiger partial charge >= 0.3 is 0 Å². The van der Waals surface area contributed by atoms with Crippen LogP contribution in [0.2, 0.25) is 0 Å². The summed E-state index contributed by atoms with van der Waals surface area (Å²) in [5, 5.41) is 8.19. The highest BCUT2D eigenvalue weighted by atomic mass is 15.3. The zero-order valence-electron chi connectivity index (χ0n) is 11.4. The Hall–Kier alpha value is -0.830. The van der Waals surface area contributed by atoms with Crippen LogP contribution < -0.4 is 5.32 Å². The number of nitrogens with zero attached hydrogens (tertiary/aromatic N) is 2. The summed E-state index contributed by atoms with van der Waals surface area (Å²) in [7, 11) is 0. The van der Waals surface area contributed by atoms with Crippen molar-refractivity contribution in [2.45, 2.75) is 71.5 Å². The van der Waals surface area contributed by atoms with E-state index in [4.69, 9.17) is 0 Å². The first kappa shape index (κ1) is 12.6. The molecule has 0 atom stereocenters. The van der Waals surface area contributed by atoms with E-state index in [1.54, 1.807) is 0 Å². The van der Waals surface area contributed by atoms with Crippen molar-refractivity contribution in [1.29, 1.82) is 0 Å². The van der Waals surface area contributed by atoms with Gasteiger partial charge < -0.3 is 5.32 Å². The van der Waals surface area contributed by atoms with Crippen LogP contribution in [0.25, 0.3) is 0 Å².